The smallest absolute Gasteiger partial charge is 0.251 e. The van der Waals surface area contributed by atoms with Crippen molar-refractivity contribution in [3.8, 4) is 5.75 Å². The first-order valence-corrected chi connectivity index (χ1v) is 12.1. The lowest BCUT2D eigenvalue weighted by molar-refractivity contribution is -0.130. The average molecular weight is 481 g/mol. The van der Waals surface area contributed by atoms with Crippen molar-refractivity contribution in [3.63, 3.8) is 0 Å². The van der Waals surface area contributed by atoms with E-state index in [1.54, 1.807) is 7.11 Å². The van der Waals surface area contributed by atoms with Gasteiger partial charge in [0.25, 0.3) is 5.91 Å². The number of benzene rings is 4. The molecule has 1 amide bonds. The molecule has 36 heavy (non-hydrogen) atoms. The van der Waals surface area contributed by atoms with Gasteiger partial charge < -0.3 is 20.1 Å². The number of amides is 1. The molecule has 0 bridgehead atoms. The van der Waals surface area contributed by atoms with E-state index in [1.807, 2.05) is 84.9 Å². The minimum atomic E-state index is -1.30. The highest BCUT2D eigenvalue weighted by Gasteiger charge is 2.33. The lowest BCUT2D eigenvalue weighted by Gasteiger charge is -2.37. The van der Waals surface area contributed by atoms with Gasteiger partial charge in [-0.15, -0.1) is 0 Å². The number of rotatable bonds is 10. The lowest BCUT2D eigenvalue weighted by atomic mass is 9.97. The Morgan fingerprint density at radius 1 is 0.833 bits per heavy atom. The first-order chi connectivity index (χ1) is 17.5. The number of hydrogen-bond donors (Lipinski definition) is 2. The van der Waals surface area contributed by atoms with Gasteiger partial charge in [0, 0.05) is 18.8 Å². The number of aryl methyl sites for hydroxylation is 1. The molecule has 0 unspecified atom stereocenters. The first kappa shape index (κ1) is 25.0. The molecular formula is C31H32N2O3. The largest absolute Gasteiger partial charge is 0.497 e. The van der Waals surface area contributed by atoms with E-state index in [9.17, 15) is 9.90 Å². The third-order valence-electron chi connectivity index (χ3n) is 6.23. The van der Waals surface area contributed by atoms with Crippen molar-refractivity contribution in [1.29, 1.82) is 0 Å². The number of aliphatic hydroxyl groups is 1. The van der Waals surface area contributed by atoms with Gasteiger partial charge in [-0.2, -0.15) is 0 Å². The van der Waals surface area contributed by atoms with Gasteiger partial charge in [0.2, 0.25) is 0 Å². The van der Waals surface area contributed by atoms with Crippen LogP contribution < -0.4 is 15.0 Å². The van der Waals surface area contributed by atoms with E-state index in [0.717, 1.165) is 28.1 Å². The maximum absolute atomic E-state index is 13.3. The fraction of sp³-hybridized carbons (Fsp3) is 0.194. The second-order valence-corrected chi connectivity index (χ2v) is 8.82. The predicted octanol–water partition coefficient (Wildman–Crippen LogP) is 5.43. The molecule has 0 aliphatic carbocycles. The van der Waals surface area contributed by atoms with E-state index in [2.05, 4.69) is 41.4 Å². The summed E-state index contributed by atoms with van der Waals surface area (Å²) in [7, 11) is 1.63. The fourth-order valence-corrected chi connectivity index (χ4v) is 4.23. The van der Waals surface area contributed by atoms with E-state index < -0.39 is 18.1 Å². The Kier molecular flexibility index (Phi) is 8.37. The topological polar surface area (TPSA) is 61.8 Å². The molecule has 0 saturated carbocycles. The Morgan fingerprint density at radius 3 is 2.06 bits per heavy atom. The van der Waals surface area contributed by atoms with Crippen LogP contribution in [0.5, 0.6) is 5.75 Å². The third-order valence-corrected chi connectivity index (χ3v) is 6.23. The van der Waals surface area contributed by atoms with Crippen LogP contribution in [0.2, 0.25) is 0 Å². The Morgan fingerprint density at radius 2 is 1.44 bits per heavy atom. The van der Waals surface area contributed by atoms with Crippen molar-refractivity contribution in [2.24, 2.45) is 0 Å². The molecule has 0 aromatic heterocycles. The quantitative estimate of drug-likeness (QED) is 0.318. The summed E-state index contributed by atoms with van der Waals surface area (Å²) in [5, 5.41) is 14.4. The van der Waals surface area contributed by atoms with Gasteiger partial charge in [0.05, 0.1) is 13.2 Å². The van der Waals surface area contributed by atoms with Crippen LogP contribution in [0.25, 0.3) is 0 Å². The summed E-state index contributed by atoms with van der Waals surface area (Å²) in [6.07, 6.45) is -1.30. The second kappa shape index (κ2) is 12.0. The molecule has 4 aromatic rings. The highest BCUT2D eigenvalue weighted by Crippen LogP contribution is 2.33. The van der Waals surface area contributed by atoms with Crippen LogP contribution in [0.3, 0.4) is 0 Å². The van der Waals surface area contributed by atoms with Crippen molar-refractivity contribution in [2.45, 2.75) is 32.2 Å². The molecule has 0 heterocycles. The monoisotopic (exact) mass is 480 g/mol. The van der Waals surface area contributed by atoms with Crippen LogP contribution in [0, 0.1) is 6.92 Å². The number of hydrogen-bond acceptors (Lipinski definition) is 4. The van der Waals surface area contributed by atoms with Crippen LogP contribution in [0.15, 0.2) is 109 Å². The fourth-order valence-electron chi connectivity index (χ4n) is 4.23. The van der Waals surface area contributed by atoms with Gasteiger partial charge in [0.15, 0.2) is 6.10 Å². The minimum absolute atomic E-state index is 0.346. The Labute approximate surface area is 213 Å². The molecule has 4 rings (SSSR count). The summed E-state index contributed by atoms with van der Waals surface area (Å²) >= 11 is 0. The summed E-state index contributed by atoms with van der Waals surface area (Å²) < 4.78 is 5.35. The minimum Gasteiger partial charge on any atom is -0.497 e. The number of anilines is 1. The second-order valence-electron chi connectivity index (χ2n) is 8.82. The van der Waals surface area contributed by atoms with Crippen LogP contribution >= 0.6 is 0 Å². The Bertz CT molecular complexity index is 1230. The molecule has 2 atom stereocenters. The first-order valence-electron chi connectivity index (χ1n) is 12.1. The lowest BCUT2D eigenvalue weighted by Crippen LogP contribution is -2.45. The molecule has 5 heteroatoms. The zero-order valence-corrected chi connectivity index (χ0v) is 20.7. The predicted molar refractivity (Wildman–Crippen MR) is 144 cm³/mol. The zero-order chi connectivity index (χ0) is 25.3. The van der Waals surface area contributed by atoms with Crippen LogP contribution in [-0.4, -0.2) is 24.2 Å². The number of carbonyl (C=O) groups is 1. The number of methoxy groups -OCH3 is 1. The van der Waals surface area contributed by atoms with Gasteiger partial charge in [-0.05, 0) is 47.9 Å². The zero-order valence-electron chi connectivity index (χ0n) is 20.7. The van der Waals surface area contributed by atoms with Gasteiger partial charge in [-0.25, -0.2) is 0 Å². The van der Waals surface area contributed by atoms with E-state index in [1.165, 1.54) is 5.56 Å². The van der Waals surface area contributed by atoms with Gasteiger partial charge >= 0.3 is 0 Å². The summed E-state index contributed by atoms with van der Waals surface area (Å²) in [5.74, 6) is 0.321. The van der Waals surface area contributed by atoms with Crippen molar-refractivity contribution < 1.29 is 14.6 Å². The van der Waals surface area contributed by atoms with Gasteiger partial charge in [-0.1, -0.05) is 90.5 Å². The highest BCUT2D eigenvalue weighted by atomic mass is 16.5. The normalized spacial score (nSPS) is 12.4. The summed E-state index contributed by atoms with van der Waals surface area (Å²) in [4.78, 5) is 15.3. The molecule has 2 N–H and O–H groups in total. The number of nitrogens with one attached hydrogen (secondary N) is 1. The Balaban J connectivity index is 1.69. The van der Waals surface area contributed by atoms with E-state index >= 15 is 0 Å². The summed E-state index contributed by atoms with van der Waals surface area (Å²) in [6.45, 7) is 2.91. The van der Waals surface area contributed by atoms with Gasteiger partial charge in [-0.3, -0.25) is 4.79 Å². The molecule has 0 radical (unpaired) electrons. The summed E-state index contributed by atoms with van der Waals surface area (Å²) in [5.41, 5.74) is 4.95. The van der Waals surface area contributed by atoms with Gasteiger partial charge in [0.1, 0.15) is 5.75 Å². The SMILES string of the molecule is COc1ccc(N(Cc2ccc(C)cc2)[C@H](c2ccccc2)[C@@H](O)C(=O)NCc2ccccc2)cc1. The molecule has 4 aromatic carbocycles. The van der Waals surface area contributed by atoms with Crippen molar-refractivity contribution >= 4 is 11.6 Å². The molecule has 184 valence electrons. The van der Waals surface area contributed by atoms with Crippen LogP contribution in [0.4, 0.5) is 5.69 Å². The Hall–Kier alpha value is -4.09. The number of nitrogens with zero attached hydrogens (tertiary/aromatic N) is 1. The molecule has 0 saturated heterocycles. The van der Waals surface area contributed by atoms with Crippen molar-refractivity contribution in [2.75, 3.05) is 12.0 Å². The molecule has 0 aliphatic rings. The number of aliphatic hydroxyl groups excluding tert-OH is 1. The molecule has 0 spiro atoms. The van der Waals surface area contributed by atoms with E-state index in [4.69, 9.17) is 4.74 Å². The third kappa shape index (κ3) is 6.32. The number of ether oxygens (including phenoxy) is 1. The number of carbonyl (C=O) groups excluding carboxylic acids is 1. The van der Waals surface area contributed by atoms with Crippen LogP contribution in [-0.2, 0) is 17.9 Å². The molecule has 5 nitrogen and oxygen atoms in total. The molecule has 0 fully saturated rings. The van der Waals surface area contributed by atoms with E-state index in [-0.39, 0.29) is 0 Å². The van der Waals surface area contributed by atoms with Crippen LogP contribution in [0.1, 0.15) is 28.3 Å². The van der Waals surface area contributed by atoms with Crippen molar-refractivity contribution in [1.82, 2.24) is 5.32 Å². The highest BCUT2D eigenvalue weighted by molar-refractivity contribution is 5.82. The molecular weight excluding hydrogens is 448 g/mol. The maximum Gasteiger partial charge on any atom is 0.251 e. The average Bonchev–Trinajstić information content (AvgIpc) is 2.93. The maximum atomic E-state index is 13.3. The standard InChI is InChI=1S/C31H32N2O3/c1-23-13-15-25(16-14-23)22-33(27-17-19-28(36-2)20-18-27)29(26-11-7-4-8-12-26)30(34)31(35)32-21-24-9-5-3-6-10-24/h3-20,29-30,34H,21-22H2,1-2H3,(H,32,35)/t29-,30-/m1/s1. The summed E-state index contributed by atoms with van der Waals surface area (Å²) in [6, 6.07) is 34.7. The van der Waals surface area contributed by atoms with E-state index in [0.29, 0.717) is 13.1 Å². The molecule has 0 aliphatic heterocycles. The van der Waals surface area contributed by atoms with Crippen molar-refractivity contribution in [3.05, 3.63) is 131 Å².